The summed E-state index contributed by atoms with van der Waals surface area (Å²) in [6.45, 7) is 2.99. The van der Waals surface area contributed by atoms with Gasteiger partial charge in [-0.05, 0) is 54.1 Å². The summed E-state index contributed by atoms with van der Waals surface area (Å²) in [5, 5.41) is 1.78. The van der Waals surface area contributed by atoms with E-state index in [1.165, 1.54) is 20.5 Å². The lowest BCUT2D eigenvalue weighted by atomic mass is 10.2. The highest BCUT2D eigenvalue weighted by Crippen LogP contribution is 2.28. The standard InChI is InChI=1S/C25H23N3O4S/c1-2-32-19-8-5-6-17(14-19)15-28-24(30)23-21(11-13-33-23)27(25(28)31)16-22(29)26-12-10-18-7-3-4-9-20(18)26/h3-9,11,13-14H,2,10,12,15-16H2,1H3. The van der Waals surface area contributed by atoms with Crippen molar-refractivity contribution in [1.29, 1.82) is 0 Å². The summed E-state index contributed by atoms with van der Waals surface area (Å²) in [5.74, 6) is 0.515. The van der Waals surface area contributed by atoms with E-state index >= 15 is 0 Å². The lowest BCUT2D eigenvalue weighted by molar-refractivity contribution is -0.119. The maximum Gasteiger partial charge on any atom is 0.332 e. The zero-order valence-corrected chi connectivity index (χ0v) is 19.0. The monoisotopic (exact) mass is 461 g/mol. The van der Waals surface area contributed by atoms with Gasteiger partial charge in [0.25, 0.3) is 5.56 Å². The maximum atomic E-state index is 13.4. The molecular formula is C25H23N3O4S. The molecule has 0 bridgehead atoms. The molecule has 1 aliphatic heterocycles. The summed E-state index contributed by atoms with van der Waals surface area (Å²) in [5.41, 5.74) is 2.45. The summed E-state index contributed by atoms with van der Waals surface area (Å²) < 4.78 is 8.63. The average molecular weight is 462 g/mol. The number of benzene rings is 2. The Labute approximate surface area is 194 Å². The fraction of sp³-hybridized carbons (Fsp3) is 0.240. The van der Waals surface area contributed by atoms with E-state index in [-0.39, 0.29) is 24.6 Å². The largest absolute Gasteiger partial charge is 0.494 e. The van der Waals surface area contributed by atoms with Crippen LogP contribution in [0, 0.1) is 0 Å². The number of hydrogen-bond donors (Lipinski definition) is 0. The lowest BCUT2D eigenvalue weighted by Gasteiger charge is -2.19. The zero-order valence-electron chi connectivity index (χ0n) is 18.2. The Hall–Kier alpha value is -3.65. The Morgan fingerprint density at radius 2 is 1.91 bits per heavy atom. The number of aromatic nitrogens is 2. The Bertz CT molecular complexity index is 1470. The van der Waals surface area contributed by atoms with Gasteiger partial charge >= 0.3 is 5.69 Å². The van der Waals surface area contributed by atoms with E-state index in [2.05, 4.69) is 0 Å². The molecule has 7 nitrogen and oxygen atoms in total. The molecule has 0 aliphatic carbocycles. The first-order valence-electron chi connectivity index (χ1n) is 10.9. The van der Waals surface area contributed by atoms with Gasteiger partial charge in [0, 0.05) is 12.2 Å². The molecule has 8 heteroatoms. The van der Waals surface area contributed by atoms with Gasteiger partial charge in [0.05, 0.1) is 18.7 Å². The van der Waals surface area contributed by atoms with Crippen LogP contribution in [0.15, 0.2) is 69.6 Å². The number of para-hydroxylation sites is 1. The van der Waals surface area contributed by atoms with E-state index in [1.807, 2.05) is 55.5 Å². The normalized spacial score (nSPS) is 12.8. The number of anilines is 1. The second-order valence-corrected chi connectivity index (χ2v) is 8.82. The molecule has 0 atom stereocenters. The fourth-order valence-corrected chi connectivity index (χ4v) is 5.17. The molecule has 1 amide bonds. The highest BCUT2D eigenvalue weighted by molar-refractivity contribution is 7.17. The molecule has 2 aromatic heterocycles. The number of rotatable bonds is 6. The van der Waals surface area contributed by atoms with Gasteiger partial charge in [0.1, 0.15) is 17.0 Å². The summed E-state index contributed by atoms with van der Waals surface area (Å²) >= 11 is 1.28. The van der Waals surface area contributed by atoms with Crippen LogP contribution in [0.4, 0.5) is 5.69 Å². The molecule has 3 heterocycles. The number of ether oxygens (including phenoxy) is 1. The molecule has 0 saturated carbocycles. The minimum atomic E-state index is -0.492. The quantitative estimate of drug-likeness (QED) is 0.442. The Balaban J connectivity index is 1.53. The predicted molar refractivity (Wildman–Crippen MR) is 130 cm³/mol. The van der Waals surface area contributed by atoms with E-state index < -0.39 is 5.69 Å². The van der Waals surface area contributed by atoms with Gasteiger partial charge in [-0.2, -0.15) is 0 Å². The van der Waals surface area contributed by atoms with Crippen LogP contribution in [0.25, 0.3) is 10.2 Å². The minimum Gasteiger partial charge on any atom is -0.494 e. The van der Waals surface area contributed by atoms with Crippen LogP contribution in [0.2, 0.25) is 0 Å². The third kappa shape index (κ3) is 3.87. The molecule has 2 aromatic carbocycles. The molecule has 0 spiro atoms. The van der Waals surface area contributed by atoms with Crippen molar-refractivity contribution in [2.24, 2.45) is 0 Å². The van der Waals surface area contributed by atoms with Crippen LogP contribution in [-0.2, 0) is 24.3 Å². The first-order valence-corrected chi connectivity index (χ1v) is 11.8. The summed E-state index contributed by atoms with van der Waals surface area (Å²) in [4.78, 5) is 41.5. The molecule has 33 heavy (non-hydrogen) atoms. The zero-order chi connectivity index (χ0) is 22.9. The number of amides is 1. The van der Waals surface area contributed by atoms with Gasteiger partial charge in [0.2, 0.25) is 5.91 Å². The Morgan fingerprint density at radius 3 is 2.76 bits per heavy atom. The van der Waals surface area contributed by atoms with Crippen molar-refractivity contribution in [2.45, 2.75) is 26.4 Å². The first kappa shape index (κ1) is 21.2. The molecule has 1 aliphatic rings. The number of hydrogen-bond acceptors (Lipinski definition) is 5. The van der Waals surface area contributed by atoms with Gasteiger partial charge in [0.15, 0.2) is 0 Å². The number of thiophene rings is 1. The van der Waals surface area contributed by atoms with Crippen molar-refractivity contribution in [3.63, 3.8) is 0 Å². The van der Waals surface area contributed by atoms with Crippen molar-refractivity contribution in [1.82, 2.24) is 9.13 Å². The van der Waals surface area contributed by atoms with Crippen LogP contribution >= 0.6 is 11.3 Å². The number of nitrogens with zero attached hydrogens (tertiary/aromatic N) is 3. The maximum absolute atomic E-state index is 13.4. The number of fused-ring (bicyclic) bond motifs is 2. The highest BCUT2D eigenvalue weighted by Gasteiger charge is 2.26. The van der Waals surface area contributed by atoms with Gasteiger partial charge in [-0.3, -0.25) is 18.7 Å². The van der Waals surface area contributed by atoms with Crippen LogP contribution in [-0.4, -0.2) is 28.2 Å². The van der Waals surface area contributed by atoms with Crippen molar-refractivity contribution in [3.8, 4) is 5.75 Å². The molecule has 168 valence electrons. The second-order valence-electron chi connectivity index (χ2n) is 7.90. The number of carbonyl (C=O) groups excluding carboxylic acids is 1. The second kappa shape index (κ2) is 8.71. The van der Waals surface area contributed by atoms with Gasteiger partial charge in [-0.15, -0.1) is 11.3 Å². The SMILES string of the molecule is CCOc1cccc(Cn2c(=O)c3sccc3n(CC(=O)N3CCc4ccccc43)c2=O)c1. The van der Waals surface area contributed by atoms with Gasteiger partial charge in [-0.25, -0.2) is 4.79 Å². The Morgan fingerprint density at radius 1 is 1.06 bits per heavy atom. The third-order valence-corrected chi connectivity index (χ3v) is 6.76. The van der Waals surface area contributed by atoms with Crippen LogP contribution in [0.3, 0.4) is 0 Å². The van der Waals surface area contributed by atoms with Crippen molar-refractivity contribution in [3.05, 3.63) is 91.9 Å². The van der Waals surface area contributed by atoms with Crippen LogP contribution in [0.5, 0.6) is 5.75 Å². The van der Waals surface area contributed by atoms with Crippen molar-refractivity contribution in [2.75, 3.05) is 18.1 Å². The van der Waals surface area contributed by atoms with Crippen LogP contribution in [0.1, 0.15) is 18.1 Å². The molecule has 0 fully saturated rings. The smallest absolute Gasteiger partial charge is 0.332 e. The van der Waals surface area contributed by atoms with E-state index in [1.54, 1.807) is 16.3 Å². The fourth-order valence-electron chi connectivity index (χ4n) is 4.33. The molecule has 0 N–H and O–H groups in total. The first-order chi connectivity index (χ1) is 16.1. The minimum absolute atomic E-state index is 0.104. The van der Waals surface area contributed by atoms with E-state index in [0.29, 0.717) is 29.1 Å². The molecule has 0 radical (unpaired) electrons. The van der Waals surface area contributed by atoms with E-state index in [9.17, 15) is 14.4 Å². The average Bonchev–Trinajstić information content (AvgIpc) is 3.48. The summed E-state index contributed by atoms with van der Waals surface area (Å²) in [6.07, 6.45) is 0.792. The topological polar surface area (TPSA) is 73.5 Å². The molecule has 4 aromatic rings. The molecule has 5 rings (SSSR count). The molecule has 0 unspecified atom stereocenters. The van der Waals surface area contributed by atoms with E-state index in [4.69, 9.17) is 4.74 Å². The molecular weight excluding hydrogens is 438 g/mol. The van der Waals surface area contributed by atoms with Crippen LogP contribution < -0.4 is 20.9 Å². The van der Waals surface area contributed by atoms with Gasteiger partial charge in [-0.1, -0.05) is 30.3 Å². The summed E-state index contributed by atoms with van der Waals surface area (Å²) in [6, 6.07) is 16.9. The Kier molecular flexibility index (Phi) is 5.60. The van der Waals surface area contributed by atoms with Crippen molar-refractivity contribution < 1.29 is 9.53 Å². The highest BCUT2D eigenvalue weighted by atomic mass is 32.1. The lowest BCUT2D eigenvalue weighted by Crippen LogP contribution is -2.43. The number of carbonyl (C=O) groups is 1. The molecule has 0 saturated heterocycles. The van der Waals surface area contributed by atoms with Gasteiger partial charge < -0.3 is 9.64 Å². The summed E-state index contributed by atoms with van der Waals surface area (Å²) in [7, 11) is 0. The van der Waals surface area contributed by atoms with Crippen molar-refractivity contribution >= 4 is 33.1 Å². The third-order valence-electron chi connectivity index (χ3n) is 5.87. The van der Waals surface area contributed by atoms with E-state index in [0.717, 1.165) is 23.2 Å². The predicted octanol–water partition coefficient (Wildman–Crippen LogP) is 3.26.